The van der Waals surface area contributed by atoms with Crippen molar-refractivity contribution in [2.75, 3.05) is 13.1 Å². The zero-order chi connectivity index (χ0) is 23.5. The number of aromatic nitrogens is 3. The molecule has 3 aromatic heterocycles. The lowest BCUT2D eigenvalue weighted by Crippen LogP contribution is -2.34. The predicted molar refractivity (Wildman–Crippen MR) is 121 cm³/mol. The summed E-state index contributed by atoms with van der Waals surface area (Å²) in [6, 6.07) is 9.55. The molecule has 0 fully saturated rings. The second kappa shape index (κ2) is 9.23. The van der Waals surface area contributed by atoms with Crippen molar-refractivity contribution < 1.29 is 18.4 Å². The van der Waals surface area contributed by atoms with Crippen LogP contribution < -0.4 is 10.6 Å². The fourth-order valence-corrected chi connectivity index (χ4v) is 3.42. The number of carbonyl (C=O) groups is 2. The first-order valence-corrected chi connectivity index (χ1v) is 10.6. The van der Waals surface area contributed by atoms with Crippen LogP contribution in [0.25, 0.3) is 22.5 Å². The molecule has 0 atom stereocenters. The van der Waals surface area contributed by atoms with E-state index in [4.69, 9.17) is 4.42 Å². The minimum Gasteiger partial charge on any atom is -0.463 e. The SMILES string of the molecule is Cc1ccc(C(=O)NCCNC(=O)c2cc(-c3ccco3)nc3c2cnn3C(C)C)cc1F. The van der Waals surface area contributed by atoms with Crippen LogP contribution in [-0.2, 0) is 0 Å². The van der Waals surface area contributed by atoms with Gasteiger partial charge in [-0.1, -0.05) is 6.07 Å². The Labute approximate surface area is 189 Å². The van der Waals surface area contributed by atoms with Crippen LogP contribution in [0.5, 0.6) is 0 Å². The van der Waals surface area contributed by atoms with Crippen molar-refractivity contribution in [3.8, 4) is 11.5 Å². The average molecular weight is 449 g/mol. The first-order chi connectivity index (χ1) is 15.8. The van der Waals surface area contributed by atoms with E-state index in [0.29, 0.717) is 33.6 Å². The highest BCUT2D eigenvalue weighted by Gasteiger charge is 2.19. The molecule has 0 bridgehead atoms. The van der Waals surface area contributed by atoms with Crippen LogP contribution in [0.4, 0.5) is 4.39 Å². The monoisotopic (exact) mass is 449 g/mol. The number of nitrogens with zero attached hydrogens (tertiary/aromatic N) is 3. The Balaban J connectivity index is 1.48. The normalized spacial score (nSPS) is 11.2. The highest BCUT2D eigenvalue weighted by atomic mass is 19.1. The highest BCUT2D eigenvalue weighted by molar-refractivity contribution is 6.06. The standard InChI is InChI=1S/C24H24FN5O3/c1-14(2)30-22-18(13-28-30)17(12-20(29-22)21-5-4-10-33-21)24(32)27-9-8-26-23(31)16-7-6-15(3)19(25)11-16/h4-7,10-14H,8-9H2,1-3H3,(H,26,31)(H,27,32). The minimum absolute atomic E-state index is 0.0552. The number of carbonyl (C=O) groups excluding carboxylic acids is 2. The maximum absolute atomic E-state index is 13.7. The molecule has 8 nitrogen and oxygen atoms in total. The van der Waals surface area contributed by atoms with Gasteiger partial charge in [0.05, 0.1) is 23.4 Å². The molecular formula is C24H24FN5O3. The summed E-state index contributed by atoms with van der Waals surface area (Å²) in [5.41, 5.74) is 2.21. The van der Waals surface area contributed by atoms with Crippen LogP contribution in [0.15, 0.2) is 53.3 Å². The topological polar surface area (TPSA) is 102 Å². The summed E-state index contributed by atoms with van der Waals surface area (Å²) in [6.07, 6.45) is 3.17. The number of furan rings is 1. The molecule has 9 heteroatoms. The molecule has 0 radical (unpaired) electrons. The molecule has 3 heterocycles. The van der Waals surface area contributed by atoms with E-state index in [2.05, 4.69) is 20.7 Å². The number of fused-ring (bicyclic) bond motifs is 1. The minimum atomic E-state index is -0.438. The number of rotatable bonds is 7. The van der Waals surface area contributed by atoms with E-state index < -0.39 is 11.7 Å². The van der Waals surface area contributed by atoms with Crippen molar-refractivity contribution in [1.82, 2.24) is 25.4 Å². The van der Waals surface area contributed by atoms with Crippen molar-refractivity contribution >= 4 is 22.8 Å². The molecular weight excluding hydrogens is 425 g/mol. The molecule has 0 aliphatic heterocycles. The third-order valence-corrected chi connectivity index (χ3v) is 5.20. The van der Waals surface area contributed by atoms with Gasteiger partial charge in [0.2, 0.25) is 0 Å². The Kier molecular flexibility index (Phi) is 6.21. The lowest BCUT2D eigenvalue weighted by molar-refractivity contribution is 0.0928. The van der Waals surface area contributed by atoms with Crippen LogP contribution in [0.2, 0.25) is 0 Å². The van der Waals surface area contributed by atoms with Gasteiger partial charge in [-0.25, -0.2) is 14.1 Å². The average Bonchev–Trinajstić information content (AvgIpc) is 3.47. The molecule has 4 rings (SSSR count). The van der Waals surface area contributed by atoms with Gasteiger partial charge in [0.25, 0.3) is 11.8 Å². The molecule has 0 aliphatic rings. The summed E-state index contributed by atoms with van der Waals surface area (Å²) in [5.74, 6) is -0.631. The van der Waals surface area contributed by atoms with Gasteiger partial charge < -0.3 is 15.1 Å². The Morgan fingerprint density at radius 3 is 2.55 bits per heavy atom. The van der Waals surface area contributed by atoms with E-state index in [9.17, 15) is 14.0 Å². The Bertz CT molecular complexity index is 1310. The van der Waals surface area contributed by atoms with Crippen LogP contribution in [-0.4, -0.2) is 39.7 Å². The van der Waals surface area contributed by atoms with Crippen LogP contribution >= 0.6 is 0 Å². The van der Waals surface area contributed by atoms with E-state index >= 15 is 0 Å². The summed E-state index contributed by atoms with van der Waals surface area (Å²) in [6.45, 7) is 5.97. The second-order valence-electron chi connectivity index (χ2n) is 7.93. The van der Waals surface area contributed by atoms with Crippen LogP contribution in [0.3, 0.4) is 0 Å². The zero-order valence-electron chi connectivity index (χ0n) is 18.6. The summed E-state index contributed by atoms with van der Waals surface area (Å²) in [5, 5.41) is 10.5. The lowest BCUT2D eigenvalue weighted by atomic mass is 10.1. The van der Waals surface area contributed by atoms with E-state index in [1.165, 1.54) is 6.07 Å². The van der Waals surface area contributed by atoms with Gasteiger partial charge in [-0.05, 0) is 56.7 Å². The smallest absolute Gasteiger partial charge is 0.252 e. The third kappa shape index (κ3) is 4.62. The Morgan fingerprint density at radius 2 is 1.88 bits per heavy atom. The molecule has 0 saturated carbocycles. The fraction of sp³-hybridized carbons (Fsp3) is 0.250. The molecule has 0 aliphatic carbocycles. The van der Waals surface area contributed by atoms with Gasteiger partial charge in [-0.2, -0.15) is 5.10 Å². The molecule has 33 heavy (non-hydrogen) atoms. The first-order valence-electron chi connectivity index (χ1n) is 10.6. The molecule has 0 unspecified atom stereocenters. The van der Waals surface area contributed by atoms with Gasteiger partial charge in [0.15, 0.2) is 11.4 Å². The predicted octanol–water partition coefficient (Wildman–Crippen LogP) is 3.88. The largest absolute Gasteiger partial charge is 0.463 e. The van der Waals surface area contributed by atoms with Gasteiger partial charge in [-0.3, -0.25) is 9.59 Å². The molecule has 0 spiro atoms. The summed E-state index contributed by atoms with van der Waals surface area (Å²) >= 11 is 0. The van der Waals surface area contributed by atoms with Crippen molar-refractivity contribution in [2.24, 2.45) is 0 Å². The van der Waals surface area contributed by atoms with Crippen molar-refractivity contribution in [3.05, 3.63) is 71.4 Å². The van der Waals surface area contributed by atoms with Crippen molar-refractivity contribution in [3.63, 3.8) is 0 Å². The lowest BCUT2D eigenvalue weighted by Gasteiger charge is -2.11. The van der Waals surface area contributed by atoms with Gasteiger partial charge in [-0.15, -0.1) is 0 Å². The van der Waals surface area contributed by atoms with E-state index in [0.717, 1.165) is 0 Å². The van der Waals surface area contributed by atoms with Crippen molar-refractivity contribution in [1.29, 1.82) is 0 Å². The van der Waals surface area contributed by atoms with Gasteiger partial charge in [0, 0.05) is 24.7 Å². The molecule has 2 N–H and O–H groups in total. The number of benzene rings is 1. The molecule has 1 aromatic carbocycles. The van der Waals surface area contributed by atoms with E-state index in [1.807, 2.05) is 13.8 Å². The maximum Gasteiger partial charge on any atom is 0.252 e. The summed E-state index contributed by atoms with van der Waals surface area (Å²) < 4.78 is 20.9. The zero-order valence-corrected chi connectivity index (χ0v) is 18.6. The first kappa shape index (κ1) is 22.2. The van der Waals surface area contributed by atoms with Gasteiger partial charge in [0.1, 0.15) is 11.5 Å². The van der Waals surface area contributed by atoms with E-state index in [-0.39, 0.29) is 30.6 Å². The number of amides is 2. The highest BCUT2D eigenvalue weighted by Crippen LogP contribution is 2.26. The van der Waals surface area contributed by atoms with Crippen LogP contribution in [0.1, 0.15) is 46.2 Å². The van der Waals surface area contributed by atoms with Gasteiger partial charge >= 0.3 is 0 Å². The number of halogens is 1. The molecule has 170 valence electrons. The third-order valence-electron chi connectivity index (χ3n) is 5.20. The number of hydrogen-bond donors (Lipinski definition) is 2. The molecule has 4 aromatic rings. The van der Waals surface area contributed by atoms with Crippen molar-refractivity contribution in [2.45, 2.75) is 26.8 Å². The Hall–Kier alpha value is -4.01. The Morgan fingerprint density at radius 1 is 1.12 bits per heavy atom. The second-order valence-corrected chi connectivity index (χ2v) is 7.93. The quantitative estimate of drug-likeness (QED) is 0.417. The summed E-state index contributed by atoms with van der Waals surface area (Å²) in [4.78, 5) is 29.9. The van der Waals surface area contributed by atoms with E-state index in [1.54, 1.807) is 54.4 Å². The summed E-state index contributed by atoms with van der Waals surface area (Å²) in [7, 11) is 0. The van der Waals surface area contributed by atoms with Crippen LogP contribution in [0, 0.1) is 12.7 Å². The number of aryl methyl sites for hydroxylation is 1. The maximum atomic E-state index is 13.7. The molecule has 2 amide bonds. The fourth-order valence-electron chi connectivity index (χ4n) is 3.42. The molecule has 0 saturated heterocycles. The number of hydrogen-bond acceptors (Lipinski definition) is 5. The number of nitrogens with one attached hydrogen (secondary N) is 2. The number of pyridine rings is 1.